The number of benzene rings is 1. The maximum Gasteiger partial charge on any atom is 0.145 e. The highest BCUT2D eigenvalue weighted by molar-refractivity contribution is 9.10. The Balaban J connectivity index is 2.08. The van der Waals surface area contributed by atoms with E-state index in [-0.39, 0.29) is 11.9 Å². The van der Waals surface area contributed by atoms with Gasteiger partial charge in [-0.3, -0.25) is 0 Å². The van der Waals surface area contributed by atoms with Gasteiger partial charge < -0.3 is 10.5 Å². The highest BCUT2D eigenvalue weighted by Crippen LogP contribution is 2.34. The molecule has 1 aromatic carbocycles. The summed E-state index contributed by atoms with van der Waals surface area (Å²) in [5, 5.41) is 0. The van der Waals surface area contributed by atoms with Crippen LogP contribution in [-0.4, -0.2) is 6.10 Å². The second-order valence-electron chi connectivity index (χ2n) is 5.31. The van der Waals surface area contributed by atoms with Crippen LogP contribution < -0.4 is 10.5 Å². The van der Waals surface area contributed by atoms with Crippen molar-refractivity contribution < 1.29 is 9.13 Å². The SMILES string of the molecule is CC1CCC(Oc2cc(F)c(Br)cc2N)CC1C. The molecule has 0 spiro atoms. The van der Waals surface area contributed by atoms with Crippen LogP contribution in [0, 0.1) is 17.7 Å². The summed E-state index contributed by atoms with van der Waals surface area (Å²) >= 11 is 3.11. The lowest BCUT2D eigenvalue weighted by Crippen LogP contribution is -2.29. The predicted molar refractivity (Wildman–Crippen MR) is 75.1 cm³/mol. The normalized spacial score (nSPS) is 28.1. The lowest BCUT2D eigenvalue weighted by molar-refractivity contribution is 0.101. The summed E-state index contributed by atoms with van der Waals surface area (Å²) in [6.07, 6.45) is 3.34. The van der Waals surface area contributed by atoms with Gasteiger partial charge in [0.15, 0.2) is 0 Å². The lowest BCUT2D eigenvalue weighted by Gasteiger charge is -2.32. The summed E-state index contributed by atoms with van der Waals surface area (Å²) in [5.41, 5.74) is 6.33. The number of nitrogen functional groups attached to an aromatic ring is 1. The molecule has 0 amide bonds. The van der Waals surface area contributed by atoms with E-state index < -0.39 is 0 Å². The average molecular weight is 316 g/mol. The maximum absolute atomic E-state index is 13.5. The summed E-state index contributed by atoms with van der Waals surface area (Å²) in [6, 6.07) is 2.92. The molecule has 100 valence electrons. The smallest absolute Gasteiger partial charge is 0.145 e. The third-order valence-electron chi connectivity index (χ3n) is 3.90. The summed E-state index contributed by atoms with van der Waals surface area (Å²) < 4.78 is 19.7. The summed E-state index contributed by atoms with van der Waals surface area (Å²) in [6.45, 7) is 4.51. The fraction of sp³-hybridized carbons (Fsp3) is 0.571. The van der Waals surface area contributed by atoms with Gasteiger partial charge in [0.25, 0.3) is 0 Å². The molecule has 4 heteroatoms. The van der Waals surface area contributed by atoms with Crippen LogP contribution in [0.2, 0.25) is 0 Å². The first-order valence-electron chi connectivity index (χ1n) is 6.38. The van der Waals surface area contributed by atoms with E-state index in [9.17, 15) is 4.39 Å². The zero-order valence-corrected chi connectivity index (χ0v) is 12.3. The molecule has 1 fully saturated rings. The Kier molecular flexibility index (Phi) is 4.15. The van der Waals surface area contributed by atoms with Crippen LogP contribution in [0.5, 0.6) is 5.75 Å². The van der Waals surface area contributed by atoms with E-state index in [1.807, 2.05) is 0 Å². The van der Waals surface area contributed by atoms with Crippen molar-refractivity contribution in [3.05, 3.63) is 22.4 Å². The quantitative estimate of drug-likeness (QED) is 0.822. The first-order chi connectivity index (χ1) is 8.47. The van der Waals surface area contributed by atoms with Crippen molar-refractivity contribution >= 4 is 21.6 Å². The monoisotopic (exact) mass is 315 g/mol. The number of anilines is 1. The van der Waals surface area contributed by atoms with Crippen LogP contribution in [0.1, 0.15) is 33.1 Å². The maximum atomic E-state index is 13.5. The van der Waals surface area contributed by atoms with Gasteiger partial charge >= 0.3 is 0 Å². The minimum Gasteiger partial charge on any atom is -0.488 e. The van der Waals surface area contributed by atoms with Gasteiger partial charge in [-0.1, -0.05) is 13.8 Å². The van der Waals surface area contributed by atoms with Crippen molar-refractivity contribution in [2.45, 2.75) is 39.2 Å². The van der Waals surface area contributed by atoms with E-state index in [0.717, 1.165) is 25.2 Å². The number of nitrogens with two attached hydrogens (primary N) is 1. The Morgan fingerprint density at radius 3 is 2.67 bits per heavy atom. The molecule has 0 aliphatic heterocycles. The van der Waals surface area contributed by atoms with Gasteiger partial charge in [-0.2, -0.15) is 0 Å². The fourth-order valence-corrected chi connectivity index (χ4v) is 2.79. The van der Waals surface area contributed by atoms with Crippen molar-refractivity contribution in [3.8, 4) is 5.75 Å². The largest absolute Gasteiger partial charge is 0.488 e. The molecule has 18 heavy (non-hydrogen) atoms. The molecule has 1 aliphatic carbocycles. The van der Waals surface area contributed by atoms with Gasteiger partial charge in [0.1, 0.15) is 11.6 Å². The molecule has 1 aromatic rings. The number of rotatable bonds is 2. The van der Waals surface area contributed by atoms with E-state index in [1.165, 1.54) is 6.07 Å². The standard InChI is InChI=1S/C14H19BrFNO/c1-8-3-4-10(5-9(8)2)18-14-7-12(16)11(15)6-13(14)17/h6-10H,3-5,17H2,1-2H3. The molecule has 3 atom stereocenters. The second-order valence-corrected chi connectivity index (χ2v) is 6.17. The van der Waals surface area contributed by atoms with Crippen molar-refractivity contribution in [1.82, 2.24) is 0 Å². The Labute approximate surface area is 116 Å². The third kappa shape index (κ3) is 2.97. The molecule has 3 unspecified atom stereocenters. The molecular weight excluding hydrogens is 297 g/mol. The van der Waals surface area contributed by atoms with Crippen LogP contribution in [0.4, 0.5) is 10.1 Å². The zero-order chi connectivity index (χ0) is 13.3. The van der Waals surface area contributed by atoms with E-state index >= 15 is 0 Å². The Morgan fingerprint density at radius 1 is 1.28 bits per heavy atom. The molecule has 2 rings (SSSR count). The molecule has 2 N–H and O–H groups in total. The molecule has 0 heterocycles. The van der Waals surface area contributed by atoms with Crippen molar-refractivity contribution in [2.24, 2.45) is 11.8 Å². The number of hydrogen-bond acceptors (Lipinski definition) is 2. The highest BCUT2D eigenvalue weighted by Gasteiger charge is 2.26. The molecular formula is C14H19BrFNO. The van der Waals surface area contributed by atoms with Crippen LogP contribution in [-0.2, 0) is 0 Å². The minimum atomic E-state index is -0.337. The third-order valence-corrected chi connectivity index (χ3v) is 4.50. The summed E-state index contributed by atoms with van der Waals surface area (Å²) in [4.78, 5) is 0. The fourth-order valence-electron chi connectivity index (χ4n) is 2.43. The summed E-state index contributed by atoms with van der Waals surface area (Å²) in [5.74, 6) is 1.51. The van der Waals surface area contributed by atoms with E-state index in [0.29, 0.717) is 21.8 Å². The number of ether oxygens (including phenoxy) is 1. The molecule has 0 radical (unpaired) electrons. The Bertz CT molecular complexity index is 438. The van der Waals surface area contributed by atoms with Gasteiger partial charge in [-0.25, -0.2) is 4.39 Å². The lowest BCUT2D eigenvalue weighted by atomic mass is 9.80. The van der Waals surface area contributed by atoms with Gasteiger partial charge in [-0.05, 0) is 53.1 Å². The first-order valence-corrected chi connectivity index (χ1v) is 7.18. The number of halogens is 2. The Morgan fingerprint density at radius 2 is 2.00 bits per heavy atom. The number of hydrogen-bond donors (Lipinski definition) is 1. The summed E-state index contributed by atoms with van der Waals surface area (Å²) in [7, 11) is 0. The molecule has 2 nitrogen and oxygen atoms in total. The van der Waals surface area contributed by atoms with E-state index in [2.05, 4.69) is 29.8 Å². The van der Waals surface area contributed by atoms with E-state index in [4.69, 9.17) is 10.5 Å². The van der Waals surface area contributed by atoms with Crippen molar-refractivity contribution in [1.29, 1.82) is 0 Å². The van der Waals surface area contributed by atoms with Crippen LogP contribution in [0.25, 0.3) is 0 Å². The molecule has 1 aliphatic rings. The molecule has 1 saturated carbocycles. The topological polar surface area (TPSA) is 35.2 Å². The minimum absolute atomic E-state index is 0.152. The van der Waals surface area contributed by atoms with Gasteiger partial charge in [0.05, 0.1) is 16.3 Å². The second kappa shape index (κ2) is 5.47. The van der Waals surface area contributed by atoms with Crippen molar-refractivity contribution in [3.63, 3.8) is 0 Å². The Hall–Kier alpha value is -0.770. The van der Waals surface area contributed by atoms with Crippen LogP contribution >= 0.6 is 15.9 Å². The van der Waals surface area contributed by atoms with Crippen molar-refractivity contribution in [2.75, 3.05) is 5.73 Å². The van der Waals surface area contributed by atoms with E-state index in [1.54, 1.807) is 6.07 Å². The molecule has 0 aromatic heterocycles. The molecule has 0 saturated heterocycles. The molecule has 0 bridgehead atoms. The first kappa shape index (κ1) is 13.7. The zero-order valence-electron chi connectivity index (χ0n) is 10.7. The van der Waals surface area contributed by atoms with Gasteiger partial charge in [0.2, 0.25) is 0 Å². The van der Waals surface area contributed by atoms with Gasteiger partial charge in [0, 0.05) is 6.07 Å². The highest BCUT2D eigenvalue weighted by atomic mass is 79.9. The van der Waals surface area contributed by atoms with Crippen LogP contribution in [0.3, 0.4) is 0 Å². The van der Waals surface area contributed by atoms with Crippen LogP contribution in [0.15, 0.2) is 16.6 Å². The predicted octanol–water partition coefficient (Wildman–Crippen LogP) is 4.37. The van der Waals surface area contributed by atoms with Gasteiger partial charge in [-0.15, -0.1) is 0 Å². The average Bonchev–Trinajstić information content (AvgIpc) is 2.31.